The van der Waals surface area contributed by atoms with Crippen LogP contribution in [-0.2, 0) is 19.6 Å². The molecule has 1 heterocycles. The van der Waals surface area contributed by atoms with Crippen LogP contribution in [0.25, 0.3) is 0 Å². The minimum Gasteiger partial charge on any atom is -0.326 e. The summed E-state index contributed by atoms with van der Waals surface area (Å²) in [6, 6.07) is 8.54. The molecule has 3 amide bonds. The van der Waals surface area contributed by atoms with Crippen LogP contribution in [0.2, 0.25) is 0 Å². The molecule has 0 aliphatic heterocycles. The number of nitrogens with one attached hydrogen (secondary N) is 4. The van der Waals surface area contributed by atoms with Gasteiger partial charge in [0.25, 0.3) is 5.91 Å². The second-order valence-corrected chi connectivity index (χ2v) is 7.36. The number of hydrazine groups is 1. The van der Waals surface area contributed by atoms with Crippen molar-refractivity contribution in [3.8, 4) is 0 Å². The lowest BCUT2D eigenvalue weighted by Gasteiger charge is -2.09. The molecule has 0 unspecified atom stereocenters. The van der Waals surface area contributed by atoms with Gasteiger partial charge in [-0.1, -0.05) is 0 Å². The number of nitrogens with zero attached hydrogens (tertiary/aromatic N) is 1. The van der Waals surface area contributed by atoms with Crippen molar-refractivity contribution >= 4 is 33.4 Å². The van der Waals surface area contributed by atoms with E-state index in [1.54, 1.807) is 0 Å². The van der Waals surface area contributed by atoms with E-state index in [4.69, 9.17) is 0 Å². The fourth-order valence-electron chi connectivity index (χ4n) is 2.07. The molecule has 2 rings (SSSR count). The van der Waals surface area contributed by atoms with Gasteiger partial charge < -0.3 is 5.32 Å². The molecule has 4 N–H and O–H groups in total. The smallest absolute Gasteiger partial charge is 0.269 e. The first-order chi connectivity index (χ1) is 13.3. The van der Waals surface area contributed by atoms with Crippen molar-refractivity contribution in [1.82, 2.24) is 20.6 Å². The van der Waals surface area contributed by atoms with E-state index in [1.165, 1.54) is 55.7 Å². The fourth-order valence-corrected chi connectivity index (χ4v) is 3.10. The average molecular weight is 405 g/mol. The Kier molecular flexibility index (Phi) is 7.18. The van der Waals surface area contributed by atoms with Crippen LogP contribution in [0.3, 0.4) is 0 Å². The molecule has 0 radical (unpaired) electrons. The Morgan fingerprint density at radius 1 is 0.964 bits per heavy atom. The Bertz CT molecular complexity index is 946. The van der Waals surface area contributed by atoms with E-state index in [0.29, 0.717) is 11.3 Å². The van der Waals surface area contributed by atoms with Gasteiger partial charge in [0.15, 0.2) is 0 Å². The van der Waals surface area contributed by atoms with Crippen molar-refractivity contribution in [3.63, 3.8) is 0 Å². The van der Waals surface area contributed by atoms with Crippen LogP contribution >= 0.6 is 0 Å². The van der Waals surface area contributed by atoms with Crippen LogP contribution in [0.4, 0.5) is 5.69 Å². The van der Waals surface area contributed by atoms with Gasteiger partial charge in [0.2, 0.25) is 21.8 Å². The van der Waals surface area contributed by atoms with Crippen molar-refractivity contribution in [2.75, 3.05) is 11.9 Å². The van der Waals surface area contributed by atoms with Crippen LogP contribution < -0.4 is 20.9 Å². The van der Waals surface area contributed by atoms with Crippen LogP contribution in [-0.4, -0.2) is 37.7 Å². The summed E-state index contributed by atoms with van der Waals surface area (Å²) in [6.07, 6.45) is 2.70. The number of hydrogen-bond donors (Lipinski definition) is 4. The monoisotopic (exact) mass is 405 g/mol. The number of carbonyl (C=O) groups excluding carboxylic acids is 3. The van der Waals surface area contributed by atoms with E-state index in [1.807, 2.05) is 0 Å². The van der Waals surface area contributed by atoms with Crippen LogP contribution in [0.15, 0.2) is 53.7 Å². The first-order valence-corrected chi connectivity index (χ1v) is 9.63. The third kappa shape index (κ3) is 6.45. The molecule has 0 fully saturated rings. The molecule has 0 spiro atoms. The SMILES string of the molecule is CC(=O)Nc1ccc(S(=O)(=O)NCCC(=O)NNC(=O)c2ccncc2)cc1. The molecule has 1 aromatic heterocycles. The second kappa shape index (κ2) is 9.58. The summed E-state index contributed by atoms with van der Waals surface area (Å²) in [5.41, 5.74) is 5.21. The summed E-state index contributed by atoms with van der Waals surface area (Å²) in [7, 11) is -3.81. The molecule has 11 heteroatoms. The topological polar surface area (TPSA) is 146 Å². The van der Waals surface area contributed by atoms with Crippen molar-refractivity contribution in [2.45, 2.75) is 18.2 Å². The van der Waals surface area contributed by atoms with Gasteiger partial charge in [-0.25, -0.2) is 13.1 Å². The molecule has 0 bridgehead atoms. The van der Waals surface area contributed by atoms with Crippen LogP contribution in [0, 0.1) is 0 Å². The zero-order chi connectivity index (χ0) is 20.6. The Labute approximate surface area is 161 Å². The number of carbonyl (C=O) groups is 3. The summed E-state index contributed by atoms with van der Waals surface area (Å²) < 4.78 is 26.7. The van der Waals surface area contributed by atoms with Crippen molar-refractivity contribution in [3.05, 3.63) is 54.4 Å². The van der Waals surface area contributed by atoms with Gasteiger partial charge in [-0.2, -0.15) is 0 Å². The molecular weight excluding hydrogens is 386 g/mol. The molecule has 2 aromatic rings. The number of rotatable bonds is 7. The Hall–Kier alpha value is -3.31. The Morgan fingerprint density at radius 2 is 1.61 bits per heavy atom. The van der Waals surface area contributed by atoms with Crippen LogP contribution in [0.1, 0.15) is 23.7 Å². The predicted octanol–water partition coefficient (Wildman–Crippen LogP) is 0.170. The third-order valence-corrected chi connectivity index (χ3v) is 4.86. The summed E-state index contributed by atoms with van der Waals surface area (Å²) in [5, 5.41) is 2.53. The lowest BCUT2D eigenvalue weighted by molar-refractivity contribution is -0.121. The molecular formula is C17H19N5O5S. The van der Waals surface area contributed by atoms with Gasteiger partial charge in [-0.05, 0) is 36.4 Å². The first kappa shape index (κ1) is 21.0. The highest BCUT2D eigenvalue weighted by Gasteiger charge is 2.14. The molecule has 0 atom stereocenters. The van der Waals surface area contributed by atoms with Crippen molar-refractivity contribution in [1.29, 1.82) is 0 Å². The Morgan fingerprint density at radius 3 is 2.21 bits per heavy atom. The third-order valence-electron chi connectivity index (χ3n) is 3.39. The normalized spacial score (nSPS) is 10.8. The summed E-state index contributed by atoms with van der Waals surface area (Å²) in [6.45, 7) is 1.18. The van der Waals surface area contributed by atoms with Gasteiger partial charge in [0.05, 0.1) is 4.90 Å². The standard InChI is InChI=1S/C17H19N5O5S/c1-12(23)20-14-2-4-15(5-3-14)28(26,27)19-11-8-16(24)21-22-17(25)13-6-9-18-10-7-13/h2-7,9-10,19H,8,11H2,1H3,(H,20,23)(H,21,24)(H,22,25). The fraction of sp³-hybridized carbons (Fsp3) is 0.176. The zero-order valence-electron chi connectivity index (χ0n) is 14.9. The largest absolute Gasteiger partial charge is 0.326 e. The maximum Gasteiger partial charge on any atom is 0.269 e. The number of benzene rings is 1. The van der Waals surface area contributed by atoms with E-state index in [9.17, 15) is 22.8 Å². The van der Waals surface area contributed by atoms with Crippen molar-refractivity contribution in [2.24, 2.45) is 0 Å². The first-order valence-electron chi connectivity index (χ1n) is 8.14. The number of pyridine rings is 1. The highest BCUT2D eigenvalue weighted by atomic mass is 32.2. The number of sulfonamides is 1. The molecule has 28 heavy (non-hydrogen) atoms. The molecule has 10 nitrogen and oxygen atoms in total. The Balaban J connectivity index is 1.78. The zero-order valence-corrected chi connectivity index (χ0v) is 15.7. The molecule has 0 aliphatic rings. The van der Waals surface area contributed by atoms with E-state index in [2.05, 4.69) is 25.9 Å². The van der Waals surface area contributed by atoms with Gasteiger partial charge in [-0.3, -0.25) is 30.2 Å². The second-order valence-electron chi connectivity index (χ2n) is 5.59. The summed E-state index contributed by atoms with van der Waals surface area (Å²) >= 11 is 0. The van der Waals surface area contributed by atoms with E-state index >= 15 is 0 Å². The lowest BCUT2D eigenvalue weighted by Crippen LogP contribution is -2.42. The predicted molar refractivity (Wildman–Crippen MR) is 100 cm³/mol. The molecule has 148 valence electrons. The molecule has 0 aliphatic carbocycles. The number of anilines is 1. The summed E-state index contributed by atoms with van der Waals surface area (Å²) in [5.74, 6) is -1.35. The van der Waals surface area contributed by atoms with E-state index < -0.39 is 21.8 Å². The lowest BCUT2D eigenvalue weighted by atomic mass is 10.3. The molecule has 1 aromatic carbocycles. The highest BCUT2D eigenvalue weighted by Crippen LogP contribution is 2.13. The van der Waals surface area contributed by atoms with Gasteiger partial charge in [0.1, 0.15) is 0 Å². The quantitative estimate of drug-likeness (QED) is 0.483. The minimum atomic E-state index is -3.81. The maximum atomic E-state index is 12.2. The van der Waals surface area contributed by atoms with Gasteiger partial charge in [0, 0.05) is 43.5 Å². The number of amides is 3. The average Bonchev–Trinajstić information content (AvgIpc) is 2.66. The van der Waals surface area contributed by atoms with Crippen LogP contribution in [0.5, 0.6) is 0 Å². The highest BCUT2D eigenvalue weighted by molar-refractivity contribution is 7.89. The van der Waals surface area contributed by atoms with E-state index in [-0.39, 0.29) is 23.8 Å². The minimum absolute atomic E-state index is 0.00648. The van der Waals surface area contributed by atoms with Gasteiger partial charge in [-0.15, -0.1) is 0 Å². The molecule has 0 saturated heterocycles. The van der Waals surface area contributed by atoms with Gasteiger partial charge >= 0.3 is 0 Å². The maximum absolute atomic E-state index is 12.2. The van der Waals surface area contributed by atoms with Crippen molar-refractivity contribution < 1.29 is 22.8 Å². The number of aromatic nitrogens is 1. The number of hydrogen-bond acceptors (Lipinski definition) is 6. The molecule has 0 saturated carbocycles. The van der Waals surface area contributed by atoms with E-state index in [0.717, 1.165) is 0 Å². The summed E-state index contributed by atoms with van der Waals surface area (Å²) in [4.78, 5) is 38.2.